The summed E-state index contributed by atoms with van der Waals surface area (Å²) in [6, 6.07) is 10.6. The summed E-state index contributed by atoms with van der Waals surface area (Å²) in [5.74, 6) is 1.21. The predicted molar refractivity (Wildman–Crippen MR) is 92.2 cm³/mol. The minimum atomic E-state index is -0.321. The molecule has 0 radical (unpaired) electrons. The first-order valence-electron chi connectivity index (χ1n) is 7.60. The fourth-order valence-electron chi connectivity index (χ4n) is 2.38. The zero-order valence-electron chi connectivity index (χ0n) is 13.8. The molecule has 0 bridgehead atoms. The van der Waals surface area contributed by atoms with Crippen molar-refractivity contribution in [1.29, 1.82) is 0 Å². The maximum absolute atomic E-state index is 12.2. The minimum Gasteiger partial charge on any atom is -0.481 e. The number of methoxy groups -OCH3 is 1. The molecular weight excluding hydrogens is 306 g/mol. The first-order valence-corrected chi connectivity index (χ1v) is 7.60. The Balaban J connectivity index is 1.67. The molecule has 3 rings (SSSR count). The summed E-state index contributed by atoms with van der Waals surface area (Å²) in [6.07, 6.45) is 0. The number of rotatable bonds is 4. The van der Waals surface area contributed by atoms with Crippen LogP contribution < -0.4 is 15.4 Å². The molecule has 124 valence electrons. The van der Waals surface area contributed by atoms with Crippen LogP contribution in [-0.2, 0) is 0 Å². The van der Waals surface area contributed by atoms with Crippen LogP contribution in [0.3, 0.4) is 0 Å². The highest BCUT2D eigenvalue weighted by molar-refractivity contribution is 5.90. The van der Waals surface area contributed by atoms with Crippen molar-refractivity contribution in [3.63, 3.8) is 0 Å². The largest absolute Gasteiger partial charge is 0.481 e. The zero-order chi connectivity index (χ0) is 17.1. The quantitative estimate of drug-likeness (QED) is 0.687. The molecule has 3 N–H and O–H groups in total. The standard InChI is InChI=1S/C17H19N5O2/c1-10-12(8-9-15(18-10)24-3)22-17(23)19-11(2)16-20-13-6-4-5-7-14(13)21-16/h4-9,11H,1-3H3,(H,20,21)(H2,19,22,23). The van der Waals surface area contributed by atoms with Crippen molar-refractivity contribution >= 4 is 22.8 Å². The summed E-state index contributed by atoms with van der Waals surface area (Å²) in [5, 5.41) is 5.64. The van der Waals surface area contributed by atoms with Gasteiger partial charge >= 0.3 is 6.03 Å². The number of H-pyrrole nitrogens is 1. The fraction of sp³-hybridized carbons (Fsp3) is 0.235. The highest BCUT2D eigenvalue weighted by Gasteiger charge is 2.14. The average Bonchev–Trinajstić information content (AvgIpc) is 3.01. The molecule has 2 amide bonds. The van der Waals surface area contributed by atoms with Crippen LogP contribution in [0.25, 0.3) is 11.0 Å². The Bertz CT molecular complexity index is 841. The van der Waals surface area contributed by atoms with Crippen molar-refractivity contribution in [3.8, 4) is 5.88 Å². The summed E-state index contributed by atoms with van der Waals surface area (Å²) in [5.41, 5.74) is 3.12. The number of ether oxygens (including phenoxy) is 1. The van der Waals surface area contributed by atoms with Crippen LogP contribution in [0.1, 0.15) is 24.5 Å². The van der Waals surface area contributed by atoms with Gasteiger partial charge in [0, 0.05) is 6.07 Å². The summed E-state index contributed by atoms with van der Waals surface area (Å²) in [6.45, 7) is 3.68. The molecular formula is C17H19N5O2. The van der Waals surface area contributed by atoms with Crippen molar-refractivity contribution in [2.75, 3.05) is 12.4 Å². The number of imidazole rings is 1. The molecule has 0 aliphatic heterocycles. The van der Waals surface area contributed by atoms with Crippen LogP contribution in [0.15, 0.2) is 36.4 Å². The summed E-state index contributed by atoms with van der Waals surface area (Å²) in [7, 11) is 1.55. The van der Waals surface area contributed by atoms with E-state index in [-0.39, 0.29) is 12.1 Å². The SMILES string of the molecule is COc1ccc(NC(=O)NC(C)c2nc3ccccc3[nH]2)c(C)n1. The van der Waals surface area contributed by atoms with Gasteiger partial charge in [0.2, 0.25) is 5.88 Å². The number of pyridine rings is 1. The smallest absolute Gasteiger partial charge is 0.319 e. The Morgan fingerprint density at radius 2 is 2.00 bits per heavy atom. The lowest BCUT2D eigenvalue weighted by Gasteiger charge is -2.14. The monoisotopic (exact) mass is 325 g/mol. The summed E-state index contributed by atoms with van der Waals surface area (Å²) in [4.78, 5) is 24.1. The molecule has 7 heteroatoms. The lowest BCUT2D eigenvalue weighted by Crippen LogP contribution is -2.32. The van der Waals surface area contributed by atoms with Crippen molar-refractivity contribution in [2.45, 2.75) is 19.9 Å². The van der Waals surface area contributed by atoms with Gasteiger partial charge < -0.3 is 20.4 Å². The maximum atomic E-state index is 12.2. The molecule has 0 fully saturated rings. The number of fused-ring (bicyclic) bond motifs is 1. The molecule has 0 saturated carbocycles. The molecule has 24 heavy (non-hydrogen) atoms. The van der Waals surface area contributed by atoms with Gasteiger partial charge in [0.1, 0.15) is 5.82 Å². The Morgan fingerprint density at radius 3 is 2.71 bits per heavy atom. The normalized spacial score (nSPS) is 12.0. The fourth-order valence-corrected chi connectivity index (χ4v) is 2.38. The van der Waals surface area contributed by atoms with E-state index in [1.54, 1.807) is 26.2 Å². The number of aromatic amines is 1. The first-order chi connectivity index (χ1) is 11.6. The number of anilines is 1. The second kappa shape index (κ2) is 6.57. The van der Waals surface area contributed by atoms with E-state index in [0.717, 1.165) is 11.0 Å². The van der Waals surface area contributed by atoms with Crippen LogP contribution in [-0.4, -0.2) is 28.1 Å². The van der Waals surface area contributed by atoms with Gasteiger partial charge in [0.05, 0.1) is 35.6 Å². The molecule has 0 aliphatic carbocycles. The number of nitrogens with zero attached hydrogens (tertiary/aromatic N) is 2. The number of aryl methyl sites for hydroxylation is 1. The van der Waals surface area contributed by atoms with Crippen LogP contribution in [0.4, 0.5) is 10.5 Å². The third-order valence-corrected chi connectivity index (χ3v) is 3.68. The Labute approximate surface area is 139 Å². The van der Waals surface area contributed by atoms with Gasteiger partial charge in [-0.1, -0.05) is 12.1 Å². The van der Waals surface area contributed by atoms with Crippen molar-refractivity contribution in [1.82, 2.24) is 20.3 Å². The van der Waals surface area contributed by atoms with Gasteiger partial charge in [-0.3, -0.25) is 0 Å². The second-order valence-corrected chi connectivity index (χ2v) is 5.45. The number of urea groups is 1. The number of benzene rings is 1. The van der Waals surface area contributed by atoms with E-state index in [1.165, 1.54) is 0 Å². The Morgan fingerprint density at radius 1 is 1.21 bits per heavy atom. The number of amides is 2. The van der Waals surface area contributed by atoms with Gasteiger partial charge in [-0.05, 0) is 32.0 Å². The van der Waals surface area contributed by atoms with Crippen molar-refractivity contribution in [3.05, 3.63) is 47.9 Å². The van der Waals surface area contributed by atoms with Crippen molar-refractivity contribution in [2.24, 2.45) is 0 Å². The lowest BCUT2D eigenvalue weighted by molar-refractivity contribution is 0.249. The van der Waals surface area contributed by atoms with Gasteiger partial charge in [0.25, 0.3) is 0 Å². The van der Waals surface area contributed by atoms with Crippen LogP contribution in [0, 0.1) is 6.92 Å². The molecule has 0 spiro atoms. The van der Waals surface area contributed by atoms with Crippen LogP contribution in [0.2, 0.25) is 0 Å². The number of carbonyl (C=O) groups is 1. The molecule has 1 unspecified atom stereocenters. The second-order valence-electron chi connectivity index (χ2n) is 5.45. The van der Waals surface area contributed by atoms with Gasteiger partial charge in [0.15, 0.2) is 0 Å². The highest BCUT2D eigenvalue weighted by Crippen LogP contribution is 2.18. The Kier molecular flexibility index (Phi) is 4.33. The first kappa shape index (κ1) is 15.8. The third kappa shape index (κ3) is 3.29. The number of nitrogens with one attached hydrogen (secondary N) is 3. The van der Waals surface area contributed by atoms with E-state index >= 15 is 0 Å². The van der Waals surface area contributed by atoms with E-state index in [4.69, 9.17) is 4.74 Å². The molecule has 0 aliphatic rings. The maximum Gasteiger partial charge on any atom is 0.319 e. The molecule has 7 nitrogen and oxygen atoms in total. The van der Waals surface area contributed by atoms with Gasteiger partial charge in [-0.2, -0.15) is 0 Å². The minimum absolute atomic E-state index is 0.260. The lowest BCUT2D eigenvalue weighted by atomic mass is 10.3. The molecule has 2 aromatic heterocycles. The van der Waals surface area contributed by atoms with Crippen molar-refractivity contribution < 1.29 is 9.53 Å². The van der Waals surface area contributed by atoms with E-state index < -0.39 is 0 Å². The third-order valence-electron chi connectivity index (χ3n) is 3.68. The molecule has 0 saturated heterocycles. The van der Waals surface area contributed by atoms with E-state index in [2.05, 4.69) is 25.6 Å². The zero-order valence-corrected chi connectivity index (χ0v) is 13.8. The van der Waals surface area contributed by atoms with Gasteiger partial charge in [-0.25, -0.2) is 14.8 Å². The number of hydrogen-bond donors (Lipinski definition) is 3. The summed E-state index contributed by atoms with van der Waals surface area (Å²) >= 11 is 0. The number of hydrogen-bond acceptors (Lipinski definition) is 4. The van der Waals surface area contributed by atoms with E-state index in [1.807, 2.05) is 31.2 Å². The van der Waals surface area contributed by atoms with E-state index in [9.17, 15) is 4.79 Å². The predicted octanol–water partition coefficient (Wildman–Crippen LogP) is 3.16. The topological polar surface area (TPSA) is 91.9 Å². The molecule has 1 aromatic carbocycles. The van der Waals surface area contributed by atoms with Crippen LogP contribution in [0.5, 0.6) is 5.88 Å². The number of para-hydroxylation sites is 2. The van der Waals surface area contributed by atoms with Gasteiger partial charge in [-0.15, -0.1) is 0 Å². The molecule has 3 aromatic rings. The van der Waals surface area contributed by atoms with Crippen LogP contribution >= 0.6 is 0 Å². The number of aromatic nitrogens is 3. The Hall–Kier alpha value is -3.09. The number of carbonyl (C=O) groups excluding carboxylic acids is 1. The molecule has 1 atom stereocenters. The molecule has 2 heterocycles. The summed E-state index contributed by atoms with van der Waals surface area (Å²) < 4.78 is 5.05. The average molecular weight is 325 g/mol. The van der Waals surface area contributed by atoms with E-state index in [0.29, 0.717) is 23.1 Å². The highest BCUT2D eigenvalue weighted by atomic mass is 16.5.